The van der Waals surface area contributed by atoms with Gasteiger partial charge in [0.25, 0.3) is 0 Å². The van der Waals surface area contributed by atoms with E-state index in [9.17, 15) is 14.7 Å². The van der Waals surface area contributed by atoms with Gasteiger partial charge in [0.15, 0.2) is 0 Å². The van der Waals surface area contributed by atoms with Crippen LogP contribution in [0.2, 0.25) is 5.02 Å². The second-order valence-electron chi connectivity index (χ2n) is 9.14. The number of aryl methyl sites for hydroxylation is 1. The molecule has 1 N–H and O–H groups in total. The summed E-state index contributed by atoms with van der Waals surface area (Å²) >= 11 is 6.14. The maximum Gasteiger partial charge on any atom is 0.307 e. The van der Waals surface area contributed by atoms with Gasteiger partial charge < -0.3 is 10.0 Å². The van der Waals surface area contributed by atoms with Crippen LogP contribution in [0, 0.1) is 0 Å². The third-order valence-corrected chi connectivity index (χ3v) is 6.57. The molecule has 0 spiro atoms. The Kier molecular flexibility index (Phi) is 9.12. The molecule has 4 nitrogen and oxygen atoms in total. The molecule has 4 aromatic rings. The number of carboxylic acid groups (broad SMARTS) is 1. The fourth-order valence-corrected chi connectivity index (χ4v) is 4.69. The number of nitrogens with zero attached hydrogens (tertiary/aromatic N) is 1. The minimum absolute atomic E-state index is 0.0227. The summed E-state index contributed by atoms with van der Waals surface area (Å²) in [7, 11) is 0. The Morgan fingerprint density at radius 2 is 1.43 bits per heavy atom. The molecule has 0 radical (unpaired) electrons. The van der Waals surface area contributed by atoms with E-state index in [0.717, 1.165) is 40.7 Å². The van der Waals surface area contributed by atoms with Gasteiger partial charge in [0.2, 0.25) is 5.91 Å². The summed E-state index contributed by atoms with van der Waals surface area (Å²) in [6, 6.07) is 33.3. The van der Waals surface area contributed by atoms with Crippen LogP contribution in [0.25, 0.3) is 11.1 Å². The van der Waals surface area contributed by atoms with Crippen LogP contribution >= 0.6 is 11.6 Å². The van der Waals surface area contributed by atoms with E-state index in [-0.39, 0.29) is 12.3 Å². The van der Waals surface area contributed by atoms with Gasteiger partial charge in [-0.2, -0.15) is 0 Å². The standard InChI is InChI=1S/C32H30ClNO3/c33-29-13-6-10-26(20-29)21-31(35)34(19-7-11-24-8-2-1-3-9-24)23-25-15-17-27(18-16-25)30-14-5-4-12-28(30)22-32(36)37/h1-6,8-10,12-18,20H,7,11,19,21-23H2,(H,36,37). The number of aliphatic carboxylic acids is 1. The molecule has 37 heavy (non-hydrogen) atoms. The van der Waals surface area contributed by atoms with Crippen molar-refractivity contribution in [2.45, 2.75) is 32.2 Å². The number of halogens is 1. The van der Waals surface area contributed by atoms with Crippen molar-refractivity contribution in [1.29, 1.82) is 0 Å². The fourth-order valence-electron chi connectivity index (χ4n) is 4.47. The number of hydrogen-bond donors (Lipinski definition) is 1. The molecule has 0 atom stereocenters. The number of carbonyl (C=O) groups is 2. The van der Waals surface area contributed by atoms with Crippen LogP contribution in [0.3, 0.4) is 0 Å². The summed E-state index contributed by atoms with van der Waals surface area (Å²) in [5.74, 6) is -0.792. The zero-order chi connectivity index (χ0) is 26.0. The van der Waals surface area contributed by atoms with E-state index < -0.39 is 5.97 Å². The number of hydrogen-bond acceptors (Lipinski definition) is 2. The third-order valence-electron chi connectivity index (χ3n) is 6.33. The Hall–Kier alpha value is -3.89. The van der Waals surface area contributed by atoms with Gasteiger partial charge in [0.05, 0.1) is 12.8 Å². The Bertz CT molecular complexity index is 1340. The van der Waals surface area contributed by atoms with Crippen LogP contribution in [0.15, 0.2) is 103 Å². The van der Waals surface area contributed by atoms with Crippen LogP contribution in [-0.2, 0) is 35.4 Å². The number of carboxylic acids is 1. The lowest BCUT2D eigenvalue weighted by Gasteiger charge is -2.23. The Morgan fingerprint density at radius 1 is 0.730 bits per heavy atom. The zero-order valence-corrected chi connectivity index (χ0v) is 21.4. The molecule has 0 bridgehead atoms. The molecule has 5 heteroatoms. The second kappa shape index (κ2) is 12.9. The normalized spacial score (nSPS) is 10.7. The molecule has 4 aromatic carbocycles. The van der Waals surface area contributed by atoms with E-state index in [1.165, 1.54) is 5.56 Å². The Morgan fingerprint density at radius 3 is 2.16 bits per heavy atom. The predicted octanol–water partition coefficient (Wildman–Crippen LogP) is 6.84. The van der Waals surface area contributed by atoms with Gasteiger partial charge in [-0.3, -0.25) is 9.59 Å². The Balaban J connectivity index is 1.49. The average Bonchev–Trinajstić information content (AvgIpc) is 2.89. The molecular weight excluding hydrogens is 482 g/mol. The zero-order valence-electron chi connectivity index (χ0n) is 20.6. The summed E-state index contributed by atoms with van der Waals surface area (Å²) in [5.41, 5.74) is 5.83. The molecule has 0 saturated heterocycles. The van der Waals surface area contributed by atoms with Crippen molar-refractivity contribution >= 4 is 23.5 Å². The highest BCUT2D eigenvalue weighted by atomic mass is 35.5. The highest BCUT2D eigenvalue weighted by molar-refractivity contribution is 6.30. The van der Waals surface area contributed by atoms with Gasteiger partial charge in [0.1, 0.15) is 0 Å². The van der Waals surface area contributed by atoms with E-state index in [2.05, 4.69) is 12.1 Å². The van der Waals surface area contributed by atoms with Crippen molar-refractivity contribution in [2.24, 2.45) is 0 Å². The molecule has 188 valence electrons. The van der Waals surface area contributed by atoms with Crippen molar-refractivity contribution in [3.05, 3.63) is 130 Å². The summed E-state index contributed by atoms with van der Waals surface area (Å²) < 4.78 is 0. The molecule has 0 saturated carbocycles. The number of rotatable bonds is 11. The van der Waals surface area contributed by atoms with Gasteiger partial charge in [-0.05, 0) is 58.4 Å². The largest absolute Gasteiger partial charge is 0.481 e. The third kappa shape index (κ3) is 7.80. The van der Waals surface area contributed by atoms with Gasteiger partial charge >= 0.3 is 5.97 Å². The van der Waals surface area contributed by atoms with E-state index in [4.69, 9.17) is 11.6 Å². The lowest BCUT2D eigenvalue weighted by molar-refractivity contribution is -0.136. The topological polar surface area (TPSA) is 57.6 Å². The summed E-state index contributed by atoms with van der Waals surface area (Å²) in [6.07, 6.45) is 2.05. The summed E-state index contributed by atoms with van der Waals surface area (Å²) in [5, 5.41) is 9.88. The molecule has 4 rings (SSSR count). The maximum absolute atomic E-state index is 13.3. The van der Waals surface area contributed by atoms with Crippen LogP contribution in [-0.4, -0.2) is 28.4 Å². The first-order valence-electron chi connectivity index (χ1n) is 12.4. The fraction of sp³-hybridized carbons (Fsp3) is 0.188. The Labute approximate surface area is 223 Å². The molecule has 0 aliphatic rings. The molecule has 1 amide bonds. The van der Waals surface area contributed by atoms with Crippen LogP contribution in [0.1, 0.15) is 28.7 Å². The van der Waals surface area contributed by atoms with Crippen molar-refractivity contribution in [2.75, 3.05) is 6.54 Å². The number of amides is 1. The second-order valence-corrected chi connectivity index (χ2v) is 9.57. The SMILES string of the molecule is O=C(O)Cc1ccccc1-c1ccc(CN(CCCc2ccccc2)C(=O)Cc2cccc(Cl)c2)cc1. The lowest BCUT2D eigenvalue weighted by Crippen LogP contribution is -2.33. The molecule has 0 aromatic heterocycles. The number of benzene rings is 4. The predicted molar refractivity (Wildman–Crippen MR) is 149 cm³/mol. The molecule has 0 aliphatic carbocycles. The van der Waals surface area contributed by atoms with Crippen LogP contribution in [0.5, 0.6) is 0 Å². The van der Waals surface area contributed by atoms with Gasteiger partial charge in [-0.15, -0.1) is 0 Å². The van der Waals surface area contributed by atoms with Crippen LogP contribution in [0.4, 0.5) is 0 Å². The van der Waals surface area contributed by atoms with Crippen molar-refractivity contribution in [1.82, 2.24) is 4.90 Å². The van der Waals surface area contributed by atoms with Crippen molar-refractivity contribution < 1.29 is 14.7 Å². The molecule has 0 aliphatic heterocycles. The summed E-state index contributed by atoms with van der Waals surface area (Å²) in [6.45, 7) is 1.16. The molecular formula is C32H30ClNO3. The van der Waals surface area contributed by atoms with Gasteiger partial charge in [-0.25, -0.2) is 0 Å². The minimum Gasteiger partial charge on any atom is -0.481 e. The van der Waals surface area contributed by atoms with Crippen LogP contribution < -0.4 is 0 Å². The highest BCUT2D eigenvalue weighted by Gasteiger charge is 2.16. The van der Waals surface area contributed by atoms with Crippen molar-refractivity contribution in [3.63, 3.8) is 0 Å². The first-order chi connectivity index (χ1) is 18.0. The lowest BCUT2D eigenvalue weighted by atomic mass is 9.97. The highest BCUT2D eigenvalue weighted by Crippen LogP contribution is 2.25. The van der Waals surface area contributed by atoms with Gasteiger partial charge in [-0.1, -0.05) is 103 Å². The van der Waals surface area contributed by atoms with E-state index in [0.29, 0.717) is 24.5 Å². The van der Waals surface area contributed by atoms with Crippen molar-refractivity contribution in [3.8, 4) is 11.1 Å². The first kappa shape index (κ1) is 26.2. The monoisotopic (exact) mass is 511 g/mol. The summed E-state index contributed by atoms with van der Waals surface area (Å²) in [4.78, 5) is 26.5. The van der Waals surface area contributed by atoms with E-state index >= 15 is 0 Å². The first-order valence-corrected chi connectivity index (χ1v) is 12.8. The average molecular weight is 512 g/mol. The van der Waals surface area contributed by atoms with Gasteiger partial charge in [0, 0.05) is 18.1 Å². The molecule has 0 fully saturated rings. The maximum atomic E-state index is 13.3. The number of carbonyl (C=O) groups excluding carboxylic acids is 1. The molecule has 0 heterocycles. The quantitative estimate of drug-likeness (QED) is 0.240. The minimum atomic E-state index is -0.853. The van der Waals surface area contributed by atoms with E-state index in [1.807, 2.05) is 95.9 Å². The molecule has 0 unspecified atom stereocenters. The van der Waals surface area contributed by atoms with E-state index in [1.54, 1.807) is 0 Å². The smallest absolute Gasteiger partial charge is 0.307 e.